The van der Waals surface area contributed by atoms with E-state index in [1.54, 1.807) is 6.07 Å². The summed E-state index contributed by atoms with van der Waals surface area (Å²) in [5.74, 6) is 0. The Kier molecular flexibility index (Phi) is 4.07. The molecule has 0 spiro atoms. The summed E-state index contributed by atoms with van der Waals surface area (Å²) in [6.07, 6.45) is -2.77. The van der Waals surface area contributed by atoms with Gasteiger partial charge in [-0.25, -0.2) is 0 Å². The van der Waals surface area contributed by atoms with Crippen LogP contribution in [-0.2, 0) is 11.8 Å². The number of nitrogens with one attached hydrogen (secondary N) is 1. The molecule has 3 rings (SSSR count). The first-order chi connectivity index (χ1) is 11.7. The van der Waals surface area contributed by atoms with Gasteiger partial charge >= 0.3 is 6.18 Å². The van der Waals surface area contributed by atoms with E-state index >= 15 is 0 Å². The number of aromatic amines is 1. The molecule has 1 aromatic carbocycles. The highest BCUT2D eigenvalue weighted by Gasteiger charge is 2.47. The molecule has 0 bridgehead atoms. The second-order valence-electron chi connectivity index (χ2n) is 9.20. The average Bonchev–Trinajstić information content (AvgIpc) is 2.40. The lowest BCUT2D eigenvalue weighted by Crippen LogP contribution is -2.44. The fourth-order valence-electron chi connectivity index (χ4n) is 5.05. The first kappa shape index (κ1) is 19.0. The van der Waals surface area contributed by atoms with Crippen LogP contribution in [0.2, 0.25) is 0 Å². The van der Waals surface area contributed by atoms with Gasteiger partial charge in [0.2, 0.25) is 5.56 Å². The number of hydrogen-bond acceptors (Lipinski definition) is 2. The number of aliphatic hydroxyl groups is 1. The van der Waals surface area contributed by atoms with E-state index in [2.05, 4.69) is 32.7 Å². The fraction of sp³-hybridized carbons (Fsp3) is 0.550. The molecule has 1 aliphatic carbocycles. The van der Waals surface area contributed by atoms with E-state index in [1.165, 1.54) is 12.1 Å². The van der Waals surface area contributed by atoms with Crippen LogP contribution >= 0.6 is 0 Å². The Hall–Kier alpha value is -1.82. The highest BCUT2D eigenvalue weighted by Crippen LogP contribution is 2.54. The number of rotatable bonds is 1. The third-order valence-electron chi connectivity index (χ3n) is 5.18. The van der Waals surface area contributed by atoms with Crippen molar-refractivity contribution < 1.29 is 18.3 Å². The number of fused-ring (bicyclic) bond motifs is 1. The smallest absolute Gasteiger partial charge is 0.385 e. The Balaban J connectivity index is 2.20. The van der Waals surface area contributed by atoms with Crippen LogP contribution in [0.5, 0.6) is 0 Å². The van der Waals surface area contributed by atoms with E-state index in [1.807, 2.05) is 0 Å². The number of aromatic nitrogens is 1. The molecule has 1 aliphatic rings. The summed E-state index contributed by atoms with van der Waals surface area (Å²) in [5, 5.41) is 11.3. The first-order valence-electron chi connectivity index (χ1n) is 8.68. The van der Waals surface area contributed by atoms with Crippen LogP contribution in [0.15, 0.2) is 29.1 Å². The van der Waals surface area contributed by atoms with Crippen LogP contribution in [-0.4, -0.2) is 10.1 Å². The van der Waals surface area contributed by atoms with Gasteiger partial charge in [0.1, 0.15) is 0 Å². The Bertz CT molecular complexity index is 893. The van der Waals surface area contributed by atoms with Crippen molar-refractivity contribution in [1.82, 2.24) is 4.98 Å². The SMILES string of the molecule is CC1(C)CC(C)(C)CC(O)(c2ccc3[nH]c(=O)cc(C(F)(F)F)c3c2)C1. The zero-order valence-electron chi connectivity index (χ0n) is 15.4. The molecule has 1 aromatic heterocycles. The lowest BCUT2D eigenvalue weighted by molar-refractivity contribution is -0.136. The molecule has 1 fully saturated rings. The van der Waals surface area contributed by atoms with Gasteiger partial charge in [-0.15, -0.1) is 0 Å². The van der Waals surface area contributed by atoms with Crippen molar-refractivity contribution in [3.8, 4) is 0 Å². The molecule has 0 amide bonds. The second-order valence-corrected chi connectivity index (χ2v) is 9.20. The maximum absolute atomic E-state index is 13.4. The Morgan fingerprint density at radius 2 is 1.58 bits per heavy atom. The van der Waals surface area contributed by atoms with Gasteiger partial charge in [0.15, 0.2) is 0 Å². The number of hydrogen-bond donors (Lipinski definition) is 2. The Labute approximate surface area is 150 Å². The molecule has 0 atom stereocenters. The zero-order chi connectivity index (χ0) is 19.5. The molecule has 142 valence electrons. The molecular weight excluding hydrogens is 343 g/mol. The highest BCUT2D eigenvalue weighted by atomic mass is 19.4. The largest absolute Gasteiger partial charge is 0.417 e. The topological polar surface area (TPSA) is 53.1 Å². The van der Waals surface area contributed by atoms with Crippen molar-refractivity contribution in [2.75, 3.05) is 0 Å². The number of H-pyrrole nitrogens is 1. The molecule has 3 nitrogen and oxygen atoms in total. The van der Waals surface area contributed by atoms with Crippen molar-refractivity contribution in [3.05, 3.63) is 45.7 Å². The predicted octanol–water partition coefficient (Wildman–Crippen LogP) is 4.97. The van der Waals surface area contributed by atoms with E-state index < -0.39 is 22.9 Å². The summed E-state index contributed by atoms with van der Waals surface area (Å²) in [4.78, 5) is 14.0. The normalized spacial score (nSPS) is 21.7. The molecule has 1 saturated carbocycles. The maximum Gasteiger partial charge on any atom is 0.417 e. The molecular formula is C20H24F3NO2. The van der Waals surface area contributed by atoms with Gasteiger partial charge in [0, 0.05) is 17.0 Å². The van der Waals surface area contributed by atoms with Crippen LogP contribution in [0.3, 0.4) is 0 Å². The Morgan fingerprint density at radius 3 is 2.12 bits per heavy atom. The maximum atomic E-state index is 13.4. The van der Waals surface area contributed by atoms with Gasteiger partial charge in [-0.3, -0.25) is 4.79 Å². The number of alkyl halides is 3. The predicted molar refractivity (Wildman–Crippen MR) is 94.9 cm³/mol. The lowest BCUT2D eigenvalue weighted by Gasteiger charge is -2.49. The number of benzene rings is 1. The van der Waals surface area contributed by atoms with Gasteiger partial charge < -0.3 is 10.1 Å². The van der Waals surface area contributed by atoms with E-state index in [0.29, 0.717) is 24.5 Å². The van der Waals surface area contributed by atoms with Gasteiger partial charge in [-0.1, -0.05) is 33.8 Å². The summed E-state index contributed by atoms with van der Waals surface area (Å²) in [7, 11) is 0. The zero-order valence-corrected chi connectivity index (χ0v) is 15.4. The van der Waals surface area contributed by atoms with Crippen LogP contribution in [0, 0.1) is 10.8 Å². The number of pyridine rings is 1. The standard InChI is InChI=1S/C20H24F3NO2/c1-17(2)9-18(3,4)11-19(26,10-17)12-5-6-15-13(7-12)14(20(21,22)23)8-16(25)24-15/h5-8,26H,9-11H2,1-4H3,(H,24,25). The summed E-state index contributed by atoms with van der Waals surface area (Å²) < 4.78 is 40.2. The van der Waals surface area contributed by atoms with E-state index in [4.69, 9.17) is 0 Å². The van der Waals surface area contributed by atoms with Crippen molar-refractivity contribution in [3.63, 3.8) is 0 Å². The van der Waals surface area contributed by atoms with Crippen LogP contribution in [0.25, 0.3) is 10.9 Å². The minimum absolute atomic E-state index is 0.0933. The van der Waals surface area contributed by atoms with Crippen LogP contribution < -0.4 is 5.56 Å². The van der Waals surface area contributed by atoms with Crippen LogP contribution in [0.4, 0.5) is 13.2 Å². The quantitative estimate of drug-likeness (QED) is 0.748. The summed E-state index contributed by atoms with van der Waals surface area (Å²) >= 11 is 0. The van der Waals surface area contributed by atoms with Crippen molar-refractivity contribution in [2.24, 2.45) is 10.8 Å². The fourth-order valence-corrected chi connectivity index (χ4v) is 5.05. The van der Waals surface area contributed by atoms with Gasteiger partial charge in [0.25, 0.3) is 0 Å². The van der Waals surface area contributed by atoms with Crippen molar-refractivity contribution in [2.45, 2.75) is 58.7 Å². The second kappa shape index (κ2) is 5.59. The van der Waals surface area contributed by atoms with Crippen LogP contribution in [0.1, 0.15) is 58.1 Å². The van der Waals surface area contributed by atoms with Crippen molar-refractivity contribution >= 4 is 10.9 Å². The Morgan fingerprint density at radius 1 is 1.00 bits per heavy atom. The summed E-state index contributed by atoms with van der Waals surface area (Å²) in [5.41, 5.74) is -2.67. The first-order valence-corrected chi connectivity index (χ1v) is 8.68. The minimum Gasteiger partial charge on any atom is -0.385 e. The molecule has 6 heteroatoms. The monoisotopic (exact) mass is 367 g/mol. The third kappa shape index (κ3) is 3.52. The minimum atomic E-state index is -4.64. The van der Waals surface area contributed by atoms with Gasteiger partial charge in [0.05, 0.1) is 11.2 Å². The molecule has 0 unspecified atom stereocenters. The lowest BCUT2D eigenvalue weighted by atomic mass is 9.58. The molecule has 2 N–H and O–H groups in total. The van der Waals surface area contributed by atoms with E-state index in [0.717, 1.165) is 6.42 Å². The molecule has 1 heterocycles. The highest BCUT2D eigenvalue weighted by molar-refractivity contribution is 5.83. The van der Waals surface area contributed by atoms with E-state index in [-0.39, 0.29) is 21.7 Å². The molecule has 26 heavy (non-hydrogen) atoms. The molecule has 2 aromatic rings. The average molecular weight is 367 g/mol. The summed E-state index contributed by atoms with van der Waals surface area (Å²) in [6.45, 7) is 8.27. The van der Waals surface area contributed by atoms with Crippen molar-refractivity contribution in [1.29, 1.82) is 0 Å². The van der Waals surface area contributed by atoms with E-state index in [9.17, 15) is 23.1 Å². The number of halogens is 3. The molecule has 0 radical (unpaired) electrons. The molecule has 0 aliphatic heterocycles. The third-order valence-corrected chi connectivity index (χ3v) is 5.18. The molecule has 0 saturated heterocycles. The van der Waals surface area contributed by atoms with Gasteiger partial charge in [-0.2, -0.15) is 13.2 Å². The summed E-state index contributed by atoms with van der Waals surface area (Å²) in [6, 6.07) is 5.03. The van der Waals surface area contributed by atoms with Gasteiger partial charge in [-0.05, 0) is 47.8 Å².